The van der Waals surface area contributed by atoms with Gasteiger partial charge in [-0.3, -0.25) is 19.6 Å². The van der Waals surface area contributed by atoms with E-state index in [0.29, 0.717) is 28.6 Å². The zero-order chi connectivity index (χ0) is 48.5. The fourth-order valence-corrected chi connectivity index (χ4v) is 10.5. The quantitative estimate of drug-likeness (QED) is 0.0382. The lowest BCUT2D eigenvalue weighted by molar-refractivity contribution is -0.384. The molecule has 1 fully saturated rings. The van der Waals surface area contributed by atoms with Crippen LogP contribution in [0, 0.1) is 17.0 Å². The largest absolute Gasteiger partial charge is 0.376 e. The van der Waals surface area contributed by atoms with Gasteiger partial charge in [-0.1, -0.05) is 54.1 Å². The van der Waals surface area contributed by atoms with E-state index in [9.17, 15) is 23.3 Å². The van der Waals surface area contributed by atoms with Gasteiger partial charge in [-0.15, -0.1) is 11.8 Å². The number of sulfonamides is 1. The van der Waals surface area contributed by atoms with E-state index < -0.39 is 14.9 Å². The predicted octanol–water partition coefficient (Wildman–Crippen LogP) is 9.17. The van der Waals surface area contributed by atoms with E-state index in [2.05, 4.69) is 52.8 Å². The molecule has 14 nitrogen and oxygen atoms in total. The topological polar surface area (TPSA) is 148 Å². The maximum atomic E-state index is 13.9. The molecular weight excluding hydrogens is 918 g/mol. The Labute approximate surface area is 409 Å². The van der Waals surface area contributed by atoms with Gasteiger partial charge in [0.1, 0.15) is 5.69 Å². The van der Waals surface area contributed by atoms with Crippen LogP contribution in [0.3, 0.4) is 0 Å². The van der Waals surface area contributed by atoms with Gasteiger partial charge in [0.15, 0.2) is 0 Å². The Kier molecular flexibility index (Phi) is 16.4. The number of rotatable bonds is 20. The predicted molar refractivity (Wildman–Crippen MR) is 279 cm³/mol. The van der Waals surface area contributed by atoms with Crippen LogP contribution >= 0.6 is 23.4 Å². The highest BCUT2D eigenvalue weighted by atomic mass is 35.5. The number of carbonyl (C=O) groups excluding carboxylic acids is 1. The lowest BCUT2D eigenvalue weighted by atomic mass is 9.95. The summed E-state index contributed by atoms with van der Waals surface area (Å²) >= 11 is 7.96. The average molecular weight is 979 g/mol. The molecule has 0 saturated carbocycles. The van der Waals surface area contributed by atoms with Crippen LogP contribution in [-0.4, -0.2) is 119 Å². The number of halogens is 1. The molecule has 68 heavy (non-hydrogen) atoms. The Hall–Kier alpha value is -6.04. The van der Waals surface area contributed by atoms with Crippen molar-refractivity contribution in [3.05, 3.63) is 148 Å². The van der Waals surface area contributed by atoms with Gasteiger partial charge in [0.05, 0.1) is 21.1 Å². The molecule has 5 aromatic carbocycles. The van der Waals surface area contributed by atoms with Crippen LogP contribution in [-0.2, 0) is 17.1 Å². The maximum Gasteiger partial charge on any atom is 0.293 e. The number of nitro benzene ring substituents is 1. The van der Waals surface area contributed by atoms with Gasteiger partial charge < -0.3 is 34.8 Å². The standard InChI is InChI=1S/C51H60ClN9O5S2/c1-36-48(51(62)53-26-28-57(4)5)49(50(58(36)6)37-15-17-39(52)18-16-37)38-11-10-12-43(33-38)60-31-29-59(30-32-60)42-21-19-40(20-22-42)55-68(65,66)45-23-24-46(47(34-45)61(63)64)54-41(25-27-56(2)3)35-67-44-13-8-7-9-14-44/h7-24,33-34,41,54-55H,25-32,35H2,1-6H3,(H,53,62). The Balaban J connectivity index is 1.02. The van der Waals surface area contributed by atoms with Gasteiger partial charge >= 0.3 is 0 Å². The summed E-state index contributed by atoms with van der Waals surface area (Å²) in [5.74, 6) is 0.548. The van der Waals surface area contributed by atoms with E-state index in [1.54, 1.807) is 23.9 Å². The van der Waals surface area contributed by atoms with Gasteiger partial charge in [0.25, 0.3) is 21.6 Å². The van der Waals surface area contributed by atoms with Crippen LogP contribution in [0.4, 0.5) is 28.4 Å². The molecule has 3 N–H and O–H groups in total. The number of carbonyl (C=O) groups is 1. The molecule has 0 radical (unpaired) electrons. The third-order valence-corrected chi connectivity index (χ3v) is 14.9. The van der Waals surface area contributed by atoms with Gasteiger partial charge in [0, 0.05) is 102 Å². The monoisotopic (exact) mass is 977 g/mol. The SMILES string of the molecule is Cc1c(C(=O)NCCN(C)C)c(-c2cccc(N3CCN(c4ccc(NS(=O)(=O)c5ccc(NC(CCN(C)C)CSc6ccccc6)c([N+](=O)[O-])c5)cc4)CC3)c2)c(-c2ccc(Cl)cc2)n1C. The molecule has 6 aromatic rings. The van der Waals surface area contributed by atoms with Crippen LogP contribution in [0.5, 0.6) is 0 Å². The first-order valence-electron chi connectivity index (χ1n) is 22.6. The van der Waals surface area contributed by atoms with Crippen molar-refractivity contribution in [2.75, 3.05) is 99.6 Å². The second kappa shape index (κ2) is 22.4. The van der Waals surface area contributed by atoms with E-state index in [-0.39, 0.29) is 28.2 Å². The van der Waals surface area contributed by atoms with Gasteiger partial charge in [0.2, 0.25) is 0 Å². The molecule has 358 valence electrons. The molecule has 7 rings (SSSR count). The molecule has 17 heteroatoms. The van der Waals surface area contributed by atoms with Crippen molar-refractivity contribution in [3.63, 3.8) is 0 Å². The second-order valence-electron chi connectivity index (χ2n) is 17.5. The van der Waals surface area contributed by atoms with Crippen molar-refractivity contribution in [2.45, 2.75) is 29.2 Å². The van der Waals surface area contributed by atoms with Crippen molar-refractivity contribution in [2.24, 2.45) is 7.05 Å². The summed E-state index contributed by atoms with van der Waals surface area (Å²) in [5, 5.41) is 19.4. The zero-order valence-corrected chi connectivity index (χ0v) is 41.8. The number of hydrogen-bond acceptors (Lipinski definition) is 11. The van der Waals surface area contributed by atoms with Crippen LogP contribution in [0.2, 0.25) is 5.02 Å². The minimum Gasteiger partial charge on any atom is -0.376 e. The highest BCUT2D eigenvalue weighted by Gasteiger charge is 2.28. The fraction of sp³-hybridized carbons (Fsp3) is 0.314. The molecule has 0 bridgehead atoms. The van der Waals surface area contributed by atoms with E-state index in [0.717, 1.165) is 96.1 Å². The van der Waals surface area contributed by atoms with E-state index >= 15 is 0 Å². The van der Waals surface area contributed by atoms with Gasteiger partial charge in [-0.05, 0) is 132 Å². The number of nitrogens with zero attached hydrogens (tertiary/aromatic N) is 6. The van der Waals surface area contributed by atoms with Crippen LogP contribution in [0.25, 0.3) is 22.4 Å². The first kappa shape index (κ1) is 49.9. The number of aromatic nitrogens is 1. The molecule has 2 heterocycles. The summed E-state index contributed by atoms with van der Waals surface area (Å²) < 4.78 is 32.0. The third-order valence-electron chi connectivity index (χ3n) is 12.1. The number of benzene rings is 5. The van der Waals surface area contributed by atoms with Crippen LogP contribution < -0.4 is 25.2 Å². The minimum absolute atomic E-state index is 0.110. The van der Waals surface area contributed by atoms with Crippen molar-refractivity contribution in [3.8, 4) is 22.4 Å². The molecule has 1 atom stereocenters. The fourth-order valence-electron chi connectivity index (χ4n) is 8.32. The Morgan fingerprint density at radius 3 is 2.12 bits per heavy atom. The number of thioether (sulfide) groups is 1. The Morgan fingerprint density at radius 1 is 0.809 bits per heavy atom. The number of nitro groups is 1. The summed E-state index contributed by atoms with van der Waals surface area (Å²) in [6.07, 6.45) is 0.730. The van der Waals surface area contributed by atoms with Crippen molar-refractivity contribution >= 4 is 67.7 Å². The highest BCUT2D eigenvalue weighted by Crippen LogP contribution is 2.41. The van der Waals surface area contributed by atoms with E-state index in [1.165, 1.54) is 12.1 Å². The minimum atomic E-state index is -4.16. The molecular formula is C51H60ClN9O5S2. The van der Waals surface area contributed by atoms with Gasteiger partial charge in [-0.2, -0.15) is 0 Å². The summed E-state index contributed by atoms with van der Waals surface area (Å²) in [7, 11) is 5.75. The summed E-state index contributed by atoms with van der Waals surface area (Å²) in [4.78, 5) is 35.3. The third kappa shape index (κ3) is 12.3. The first-order valence-corrected chi connectivity index (χ1v) is 25.4. The lowest BCUT2D eigenvalue weighted by Crippen LogP contribution is -2.46. The molecule has 1 aliphatic heterocycles. The molecule has 0 aliphatic carbocycles. The van der Waals surface area contributed by atoms with E-state index in [4.69, 9.17) is 11.6 Å². The van der Waals surface area contributed by atoms with Crippen molar-refractivity contribution < 1.29 is 18.1 Å². The molecule has 1 unspecified atom stereocenters. The average Bonchev–Trinajstić information content (AvgIpc) is 3.59. The summed E-state index contributed by atoms with van der Waals surface area (Å²) in [6.45, 7) is 6.91. The molecule has 1 saturated heterocycles. The molecule has 1 aliphatic rings. The lowest BCUT2D eigenvalue weighted by Gasteiger charge is -2.37. The highest BCUT2D eigenvalue weighted by molar-refractivity contribution is 7.99. The Bertz CT molecular complexity index is 2800. The normalized spacial score (nSPS) is 13.5. The van der Waals surface area contributed by atoms with Gasteiger partial charge in [-0.25, -0.2) is 8.42 Å². The number of amides is 1. The summed E-state index contributed by atoms with van der Waals surface area (Å²) in [6, 6.07) is 37.1. The van der Waals surface area contributed by atoms with Crippen LogP contribution in [0.15, 0.2) is 131 Å². The molecule has 1 amide bonds. The van der Waals surface area contributed by atoms with Crippen LogP contribution in [0.1, 0.15) is 22.5 Å². The first-order chi connectivity index (χ1) is 32.6. The number of anilines is 4. The smallest absolute Gasteiger partial charge is 0.293 e. The number of hydrogen-bond donors (Lipinski definition) is 3. The number of likely N-dealkylation sites (N-methyl/N-ethyl adjacent to an activating group) is 1. The molecule has 1 aromatic heterocycles. The van der Waals surface area contributed by atoms with Crippen molar-refractivity contribution in [1.82, 2.24) is 19.7 Å². The van der Waals surface area contributed by atoms with E-state index in [1.807, 2.05) is 120 Å². The Morgan fingerprint density at radius 2 is 1.47 bits per heavy atom. The maximum absolute atomic E-state index is 13.9. The number of piperazine rings is 1. The molecule has 0 spiro atoms. The summed E-state index contributed by atoms with van der Waals surface area (Å²) in [5.41, 5.74) is 7.50. The second-order valence-corrected chi connectivity index (χ2v) is 20.7. The van der Waals surface area contributed by atoms with Crippen molar-refractivity contribution in [1.29, 1.82) is 0 Å². The zero-order valence-electron chi connectivity index (χ0n) is 39.4. The number of nitrogens with one attached hydrogen (secondary N) is 3.